The molecule has 0 unspecified atom stereocenters. The van der Waals surface area contributed by atoms with Crippen molar-refractivity contribution in [3.8, 4) is 0 Å². The van der Waals surface area contributed by atoms with Crippen LogP contribution in [0, 0.1) is 30.6 Å². The third kappa shape index (κ3) is 3.02. The fourth-order valence-electron chi connectivity index (χ4n) is 5.45. The summed E-state index contributed by atoms with van der Waals surface area (Å²) >= 11 is 0. The molecule has 0 N–H and O–H groups in total. The number of ether oxygens (including phenoxy) is 1. The van der Waals surface area contributed by atoms with Crippen LogP contribution in [0.4, 0.5) is 0 Å². The van der Waals surface area contributed by atoms with Crippen molar-refractivity contribution in [2.24, 2.45) is 28.8 Å². The number of carbonyl (C=O) groups is 3. The average molecular weight is 419 g/mol. The minimum atomic E-state index is -0.313. The van der Waals surface area contributed by atoms with Crippen molar-refractivity contribution in [2.75, 3.05) is 6.61 Å². The van der Waals surface area contributed by atoms with Gasteiger partial charge in [0.25, 0.3) is 11.8 Å². The number of aromatic nitrogens is 1. The molecule has 1 aliphatic heterocycles. The minimum absolute atomic E-state index is 0.0920. The summed E-state index contributed by atoms with van der Waals surface area (Å²) in [5.41, 5.74) is 2.50. The maximum absolute atomic E-state index is 13.0. The Kier molecular flexibility index (Phi) is 4.76. The summed E-state index contributed by atoms with van der Waals surface area (Å²) in [5.74, 6) is -0.984. The van der Waals surface area contributed by atoms with E-state index in [1.54, 1.807) is 13.1 Å². The summed E-state index contributed by atoms with van der Waals surface area (Å²) in [6.45, 7) is 4.09. The summed E-state index contributed by atoms with van der Waals surface area (Å²) < 4.78 is 6.99. The molecular formula is C24H25N3O4. The van der Waals surface area contributed by atoms with Gasteiger partial charge in [-0.1, -0.05) is 30.4 Å². The van der Waals surface area contributed by atoms with Crippen molar-refractivity contribution >= 4 is 34.9 Å². The predicted molar refractivity (Wildman–Crippen MR) is 115 cm³/mol. The van der Waals surface area contributed by atoms with Crippen LogP contribution in [0.2, 0.25) is 0 Å². The predicted octanol–water partition coefficient (Wildman–Crippen LogP) is 3.04. The fraction of sp³-hybridized carbons (Fsp3) is 0.417. The van der Waals surface area contributed by atoms with Gasteiger partial charge in [0, 0.05) is 22.2 Å². The van der Waals surface area contributed by atoms with Crippen molar-refractivity contribution in [1.29, 1.82) is 0 Å². The lowest BCUT2D eigenvalue weighted by Gasteiger charge is -2.37. The first kappa shape index (κ1) is 19.7. The second-order valence-corrected chi connectivity index (χ2v) is 8.48. The number of esters is 1. The molecular weight excluding hydrogens is 394 g/mol. The molecule has 160 valence electrons. The Morgan fingerprint density at radius 2 is 1.77 bits per heavy atom. The van der Waals surface area contributed by atoms with E-state index in [1.807, 2.05) is 35.8 Å². The zero-order chi connectivity index (χ0) is 21.7. The lowest BCUT2D eigenvalue weighted by atomic mass is 9.63. The van der Waals surface area contributed by atoms with Crippen molar-refractivity contribution in [1.82, 2.24) is 9.58 Å². The number of rotatable bonds is 5. The number of carbonyl (C=O) groups excluding carboxylic acids is 3. The SMILES string of the molecule is CCOC(=O)Cn1c(C)c(/C=N\N2C(=O)[C@@H]3[C@@H](C2=O)[C@H]2C=C[C@H]3CC2)c2ccccc21. The molecule has 7 nitrogen and oxygen atoms in total. The smallest absolute Gasteiger partial charge is 0.325 e. The zero-order valence-electron chi connectivity index (χ0n) is 17.7. The second kappa shape index (κ2) is 7.48. The molecule has 1 saturated carbocycles. The highest BCUT2D eigenvalue weighted by Gasteiger charge is 2.56. The average Bonchev–Trinajstić information content (AvgIpc) is 3.20. The minimum Gasteiger partial charge on any atom is -0.465 e. The van der Waals surface area contributed by atoms with Crippen LogP contribution in [0.25, 0.3) is 10.9 Å². The number of imide groups is 1. The van der Waals surface area contributed by atoms with Gasteiger partial charge >= 0.3 is 5.97 Å². The maximum atomic E-state index is 13.0. The van der Waals surface area contributed by atoms with Gasteiger partial charge in [-0.15, -0.1) is 0 Å². The lowest BCUT2D eigenvalue weighted by Crippen LogP contribution is -2.38. The topological polar surface area (TPSA) is 81.0 Å². The Balaban J connectivity index is 1.48. The molecule has 0 spiro atoms. The molecule has 31 heavy (non-hydrogen) atoms. The highest BCUT2D eigenvalue weighted by Crippen LogP contribution is 2.49. The molecule has 2 amide bonds. The zero-order valence-corrected chi connectivity index (χ0v) is 17.7. The van der Waals surface area contributed by atoms with E-state index in [0.29, 0.717) is 6.61 Å². The fourth-order valence-corrected chi connectivity index (χ4v) is 5.45. The van der Waals surface area contributed by atoms with Crippen LogP contribution in [0.15, 0.2) is 41.5 Å². The molecule has 7 heteroatoms. The first-order valence-corrected chi connectivity index (χ1v) is 10.8. The first-order chi connectivity index (χ1) is 15.0. The van der Waals surface area contributed by atoms with E-state index >= 15 is 0 Å². The number of fused-ring (bicyclic) bond motifs is 2. The molecule has 3 aliphatic carbocycles. The Morgan fingerprint density at radius 3 is 2.39 bits per heavy atom. The van der Waals surface area contributed by atoms with Gasteiger partial charge in [-0.2, -0.15) is 10.1 Å². The Bertz CT molecular complexity index is 1110. The van der Waals surface area contributed by atoms with Crippen LogP contribution in [-0.2, 0) is 25.7 Å². The molecule has 0 radical (unpaired) electrons. The van der Waals surface area contributed by atoms with Gasteiger partial charge in [0.05, 0.1) is 24.7 Å². The van der Waals surface area contributed by atoms with Crippen LogP contribution in [0.5, 0.6) is 0 Å². The van der Waals surface area contributed by atoms with Gasteiger partial charge in [0.1, 0.15) is 6.54 Å². The van der Waals surface area contributed by atoms with Crippen LogP contribution in [0.3, 0.4) is 0 Å². The van der Waals surface area contributed by atoms with Crippen molar-refractivity contribution in [3.63, 3.8) is 0 Å². The van der Waals surface area contributed by atoms with E-state index < -0.39 is 0 Å². The van der Waals surface area contributed by atoms with E-state index in [1.165, 1.54) is 0 Å². The largest absolute Gasteiger partial charge is 0.465 e. The highest BCUT2D eigenvalue weighted by molar-refractivity contribution is 6.07. The van der Waals surface area contributed by atoms with Crippen LogP contribution in [0.1, 0.15) is 31.0 Å². The van der Waals surface area contributed by atoms with Gasteiger partial charge in [-0.05, 0) is 44.6 Å². The number of para-hydroxylation sites is 1. The summed E-state index contributed by atoms with van der Waals surface area (Å²) in [6, 6.07) is 7.70. The molecule has 2 heterocycles. The van der Waals surface area contributed by atoms with Gasteiger partial charge in [-0.25, -0.2) is 0 Å². The van der Waals surface area contributed by atoms with Crippen LogP contribution in [-0.4, -0.2) is 40.2 Å². The monoisotopic (exact) mass is 419 g/mol. The van der Waals surface area contributed by atoms with Crippen LogP contribution >= 0.6 is 0 Å². The quantitative estimate of drug-likeness (QED) is 0.323. The summed E-state index contributed by atoms with van der Waals surface area (Å²) in [6.07, 6.45) is 7.70. The lowest BCUT2D eigenvalue weighted by molar-refractivity contribution is -0.144. The highest BCUT2D eigenvalue weighted by atomic mass is 16.5. The summed E-state index contributed by atoms with van der Waals surface area (Å²) in [7, 11) is 0. The molecule has 4 aliphatic rings. The molecule has 6 rings (SSSR count). The standard InChI is InChI=1S/C24H25N3O4/c1-3-31-20(28)13-26-14(2)18(17-6-4-5-7-19(17)26)12-25-27-23(29)21-15-8-9-16(11-10-15)22(21)24(27)30/h4-9,12,15-16,21-22H,3,10-11,13H2,1-2H3/b25-12-/t15-,16-,21-,22-/m0/s1. The second-order valence-electron chi connectivity index (χ2n) is 8.48. The van der Waals surface area contributed by atoms with E-state index in [2.05, 4.69) is 17.3 Å². The Hall–Kier alpha value is -3.22. The summed E-state index contributed by atoms with van der Waals surface area (Å²) in [5, 5.41) is 6.35. The number of amides is 2. The number of hydrogen-bond donors (Lipinski definition) is 0. The summed E-state index contributed by atoms with van der Waals surface area (Å²) in [4.78, 5) is 38.1. The first-order valence-electron chi connectivity index (χ1n) is 10.8. The van der Waals surface area contributed by atoms with Gasteiger partial charge < -0.3 is 9.30 Å². The normalized spacial score (nSPS) is 27.0. The van der Waals surface area contributed by atoms with E-state index in [4.69, 9.17) is 4.74 Å². The van der Waals surface area contributed by atoms with Crippen molar-refractivity contribution < 1.29 is 19.1 Å². The third-order valence-electron chi connectivity index (χ3n) is 6.91. The van der Waals surface area contributed by atoms with Gasteiger partial charge in [-0.3, -0.25) is 14.4 Å². The van der Waals surface area contributed by atoms with Crippen molar-refractivity contribution in [2.45, 2.75) is 33.2 Å². The van der Waals surface area contributed by atoms with E-state index in [9.17, 15) is 14.4 Å². The Morgan fingerprint density at radius 1 is 1.13 bits per heavy atom. The molecule has 2 fully saturated rings. The maximum Gasteiger partial charge on any atom is 0.325 e. The molecule has 2 bridgehead atoms. The molecule has 1 saturated heterocycles. The number of hydrazone groups is 1. The number of nitrogens with zero attached hydrogens (tertiary/aromatic N) is 3. The molecule has 2 aromatic rings. The van der Waals surface area contributed by atoms with E-state index in [-0.39, 0.29) is 48.0 Å². The van der Waals surface area contributed by atoms with Crippen molar-refractivity contribution in [3.05, 3.63) is 47.7 Å². The third-order valence-corrected chi connectivity index (χ3v) is 6.91. The van der Waals surface area contributed by atoms with Gasteiger partial charge in [0.15, 0.2) is 0 Å². The number of hydrogen-bond acceptors (Lipinski definition) is 5. The van der Waals surface area contributed by atoms with E-state index in [0.717, 1.165) is 40.0 Å². The molecule has 1 aromatic carbocycles. The molecule has 4 atom stereocenters. The molecule has 1 aromatic heterocycles. The van der Waals surface area contributed by atoms with Gasteiger partial charge in [0.2, 0.25) is 0 Å². The Labute approximate surface area is 180 Å². The van der Waals surface area contributed by atoms with Crippen LogP contribution < -0.4 is 0 Å². The number of benzene rings is 1. The number of allylic oxidation sites excluding steroid dienone is 2.